The fourth-order valence-corrected chi connectivity index (χ4v) is 1.88. The molecule has 1 aromatic heterocycles. The van der Waals surface area contributed by atoms with E-state index in [0.29, 0.717) is 5.02 Å². The van der Waals surface area contributed by atoms with Crippen molar-refractivity contribution in [1.82, 2.24) is 4.98 Å². The lowest BCUT2D eigenvalue weighted by Crippen LogP contribution is -2.19. The average Bonchev–Trinajstić information content (AvgIpc) is 2.57. The minimum absolute atomic E-state index is 0.139. The Morgan fingerprint density at radius 1 is 1.31 bits per heavy atom. The number of aromatic amines is 1. The molecular formula is C13H14ClNO. The molecule has 0 aliphatic rings. The Morgan fingerprint density at radius 3 is 2.62 bits per heavy atom. The number of halogens is 1. The van der Waals surface area contributed by atoms with E-state index in [9.17, 15) is 4.79 Å². The normalized spacial score (nSPS) is 12.0. The smallest absolute Gasteiger partial charge is 0.168 e. The molecule has 0 aliphatic carbocycles. The number of fused-ring (bicyclic) bond motifs is 1. The molecule has 0 fully saturated rings. The van der Waals surface area contributed by atoms with Gasteiger partial charge in [-0.15, -0.1) is 0 Å². The van der Waals surface area contributed by atoms with Crippen molar-refractivity contribution in [3.8, 4) is 0 Å². The molecule has 3 heteroatoms. The second-order valence-corrected chi connectivity index (χ2v) is 5.38. The predicted octanol–water partition coefficient (Wildman–Crippen LogP) is 4.05. The topological polar surface area (TPSA) is 32.9 Å². The van der Waals surface area contributed by atoms with Crippen molar-refractivity contribution < 1.29 is 4.79 Å². The predicted molar refractivity (Wildman–Crippen MR) is 67.1 cm³/mol. The number of Topliss-reactive ketones (excluding diaryl/α,β-unsaturated/α-hetero) is 1. The summed E-state index contributed by atoms with van der Waals surface area (Å²) in [6.07, 6.45) is 1.73. The third kappa shape index (κ3) is 1.85. The Bertz CT molecular complexity index is 549. The molecule has 1 aromatic carbocycles. The maximum atomic E-state index is 12.1. The summed E-state index contributed by atoms with van der Waals surface area (Å²) in [7, 11) is 0. The zero-order valence-corrected chi connectivity index (χ0v) is 10.4. The van der Waals surface area contributed by atoms with Crippen molar-refractivity contribution in [1.29, 1.82) is 0 Å². The van der Waals surface area contributed by atoms with Crippen molar-refractivity contribution in [3.05, 3.63) is 35.0 Å². The summed E-state index contributed by atoms with van der Waals surface area (Å²) in [6.45, 7) is 5.75. The molecular weight excluding hydrogens is 222 g/mol. The first-order valence-electron chi connectivity index (χ1n) is 5.21. The molecule has 16 heavy (non-hydrogen) atoms. The van der Waals surface area contributed by atoms with Gasteiger partial charge in [0, 0.05) is 28.1 Å². The van der Waals surface area contributed by atoms with Gasteiger partial charge in [0.05, 0.1) is 5.02 Å². The average molecular weight is 236 g/mol. The van der Waals surface area contributed by atoms with E-state index in [2.05, 4.69) is 4.98 Å². The van der Waals surface area contributed by atoms with E-state index in [0.717, 1.165) is 16.5 Å². The van der Waals surface area contributed by atoms with Crippen LogP contribution in [0.2, 0.25) is 5.02 Å². The van der Waals surface area contributed by atoms with Crippen LogP contribution in [0.1, 0.15) is 31.1 Å². The number of rotatable bonds is 1. The van der Waals surface area contributed by atoms with Crippen LogP contribution in [0.3, 0.4) is 0 Å². The SMILES string of the molecule is CC(C)(C)C(=O)c1ccc2c(Cl)c[nH]c2c1. The highest BCUT2D eigenvalue weighted by Crippen LogP contribution is 2.27. The molecule has 2 nitrogen and oxygen atoms in total. The third-order valence-corrected chi connectivity index (χ3v) is 2.89. The van der Waals surface area contributed by atoms with E-state index in [4.69, 9.17) is 11.6 Å². The summed E-state index contributed by atoms with van der Waals surface area (Å²) in [5, 5.41) is 1.64. The maximum Gasteiger partial charge on any atom is 0.168 e. The van der Waals surface area contributed by atoms with E-state index in [1.54, 1.807) is 6.20 Å². The van der Waals surface area contributed by atoms with Crippen molar-refractivity contribution >= 4 is 28.3 Å². The first-order valence-corrected chi connectivity index (χ1v) is 5.59. The highest BCUT2D eigenvalue weighted by molar-refractivity contribution is 6.35. The van der Waals surface area contributed by atoms with Crippen LogP contribution in [0.25, 0.3) is 10.9 Å². The molecule has 0 aliphatic heterocycles. The van der Waals surface area contributed by atoms with Gasteiger partial charge in [-0.1, -0.05) is 44.5 Å². The summed E-state index contributed by atoms with van der Waals surface area (Å²) in [4.78, 5) is 15.1. The van der Waals surface area contributed by atoms with E-state index in [-0.39, 0.29) is 11.2 Å². The number of hydrogen-bond donors (Lipinski definition) is 1. The summed E-state index contributed by atoms with van der Waals surface area (Å²) in [6, 6.07) is 5.57. The van der Waals surface area contributed by atoms with Gasteiger partial charge in [-0.3, -0.25) is 4.79 Å². The number of ketones is 1. The van der Waals surface area contributed by atoms with Crippen LogP contribution in [-0.4, -0.2) is 10.8 Å². The van der Waals surface area contributed by atoms with Crippen LogP contribution in [0, 0.1) is 5.41 Å². The Morgan fingerprint density at radius 2 is 2.00 bits per heavy atom. The molecule has 84 valence electrons. The molecule has 1 heterocycles. The molecule has 0 amide bonds. The van der Waals surface area contributed by atoms with E-state index in [1.807, 2.05) is 39.0 Å². The Labute approximate surface area is 99.6 Å². The highest BCUT2D eigenvalue weighted by atomic mass is 35.5. The Kier molecular flexibility index (Phi) is 2.55. The van der Waals surface area contributed by atoms with Gasteiger partial charge < -0.3 is 4.98 Å². The van der Waals surface area contributed by atoms with Crippen molar-refractivity contribution in [3.63, 3.8) is 0 Å². The Hall–Kier alpha value is -1.28. The van der Waals surface area contributed by atoms with Crippen molar-refractivity contribution in [2.45, 2.75) is 20.8 Å². The molecule has 2 rings (SSSR count). The molecule has 0 radical (unpaired) electrons. The van der Waals surface area contributed by atoms with Gasteiger partial charge in [-0.25, -0.2) is 0 Å². The first-order chi connectivity index (χ1) is 7.39. The molecule has 0 bridgehead atoms. The largest absolute Gasteiger partial charge is 0.360 e. The maximum absolute atomic E-state index is 12.1. The fourth-order valence-electron chi connectivity index (χ4n) is 1.67. The number of hydrogen-bond acceptors (Lipinski definition) is 1. The van der Waals surface area contributed by atoms with Crippen LogP contribution in [-0.2, 0) is 0 Å². The summed E-state index contributed by atoms with van der Waals surface area (Å²) >= 11 is 5.98. The van der Waals surface area contributed by atoms with Crippen LogP contribution in [0.4, 0.5) is 0 Å². The Balaban J connectivity index is 2.52. The van der Waals surface area contributed by atoms with Gasteiger partial charge in [-0.2, -0.15) is 0 Å². The second-order valence-electron chi connectivity index (χ2n) is 4.98. The van der Waals surface area contributed by atoms with Gasteiger partial charge >= 0.3 is 0 Å². The molecule has 0 spiro atoms. The standard InChI is InChI=1S/C13H14ClNO/c1-13(2,3)12(16)8-4-5-9-10(14)7-15-11(9)6-8/h4-7,15H,1-3H3. The lowest BCUT2D eigenvalue weighted by atomic mass is 9.86. The molecule has 0 saturated heterocycles. The van der Waals surface area contributed by atoms with Crippen LogP contribution < -0.4 is 0 Å². The lowest BCUT2D eigenvalue weighted by molar-refractivity contribution is 0.0858. The minimum atomic E-state index is -0.357. The molecule has 0 saturated carbocycles. The molecule has 0 unspecified atom stereocenters. The van der Waals surface area contributed by atoms with Gasteiger partial charge in [0.2, 0.25) is 0 Å². The quantitative estimate of drug-likeness (QED) is 0.744. The summed E-state index contributed by atoms with van der Waals surface area (Å²) < 4.78 is 0. The zero-order chi connectivity index (χ0) is 11.9. The van der Waals surface area contributed by atoms with Crippen LogP contribution in [0.5, 0.6) is 0 Å². The van der Waals surface area contributed by atoms with E-state index in [1.165, 1.54) is 0 Å². The molecule has 1 N–H and O–H groups in total. The summed E-state index contributed by atoms with van der Waals surface area (Å²) in [5.74, 6) is 0.139. The molecule has 2 aromatic rings. The van der Waals surface area contributed by atoms with Gasteiger partial charge in [0.25, 0.3) is 0 Å². The van der Waals surface area contributed by atoms with Crippen molar-refractivity contribution in [2.24, 2.45) is 5.41 Å². The monoisotopic (exact) mass is 235 g/mol. The first kappa shape index (κ1) is 11.2. The van der Waals surface area contributed by atoms with Crippen LogP contribution >= 0.6 is 11.6 Å². The van der Waals surface area contributed by atoms with Gasteiger partial charge in [0.1, 0.15) is 0 Å². The fraction of sp³-hybridized carbons (Fsp3) is 0.308. The van der Waals surface area contributed by atoms with E-state index >= 15 is 0 Å². The number of aromatic nitrogens is 1. The van der Waals surface area contributed by atoms with Crippen LogP contribution in [0.15, 0.2) is 24.4 Å². The van der Waals surface area contributed by atoms with E-state index < -0.39 is 0 Å². The minimum Gasteiger partial charge on any atom is -0.360 e. The zero-order valence-electron chi connectivity index (χ0n) is 9.60. The lowest BCUT2D eigenvalue weighted by Gasteiger charge is -2.16. The number of carbonyl (C=O) groups is 1. The van der Waals surface area contributed by atoms with Gasteiger partial charge in [0.15, 0.2) is 5.78 Å². The van der Waals surface area contributed by atoms with Crippen molar-refractivity contribution in [2.75, 3.05) is 0 Å². The number of H-pyrrole nitrogens is 1. The number of carbonyl (C=O) groups excluding carboxylic acids is 1. The summed E-state index contributed by atoms with van der Waals surface area (Å²) in [5.41, 5.74) is 1.27. The third-order valence-electron chi connectivity index (χ3n) is 2.57. The second kappa shape index (κ2) is 3.63. The van der Waals surface area contributed by atoms with Gasteiger partial charge in [-0.05, 0) is 6.07 Å². The highest BCUT2D eigenvalue weighted by Gasteiger charge is 2.23. The molecule has 0 atom stereocenters. The number of nitrogens with one attached hydrogen (secondary N) is 1. The number of benzene rings is 1.